The second-order valence-corrected chi connectivity index (χ2v) is 3.74. The van der Waals surface area contributed by atoms with Gasteiger partial charge in [-0.05, 0) is 6.42 Å². The lowest BCUT2D eigenvalue weighted by Crippen LogP contribution is -2.16. The Balaban J connectivity index is 2.61. The Morgan fingerprint density at radius 3 is 2.75 bits per heavy atom. The van der Waals surface area contributed by atoms with Crippen molar-refractivity contribution < 1.29 is 27.4 Å². The number of halogens is 3. The van der Waals surface area contributed by atoms with E-state index in [4.69, 9.17) is 4.74 Å². The van der Waals surface area contributed by atoms with Crippen LogP contribution >= 0.6 is 11.3 Å². The van der Waals surface area contributed by atoms with E-state index < -0.39 is 18.1 Å². The highest BCUT2D eigenvalue weighted by molar-refractivity contribution is 7.12. The summed E-state index contributed by atoms with van der Waals surface area (Å²) in [5.74, 6) is -1.04. The van der Waals surface area contributed by atoms with E-state index in [1.54, 1.807) is 0 Å². The molecule has 0 unspecified atom stereocenters. The molecule has 0 atom stereocenters. The summed E-state index contributed by atoms with van der Waals surface area (Å²) < 4.78 is 43.9. The van der Waals surface area contributed by atoms with E-state index in [0.29, 0.717) is 6.42 Å². The summed E-state index contributed by atoms with van der Waals surface area (Å²) in [6.45, 7) is 2.06. The van der Waals surface area contributed by atoms with Gasteiger partial charge >= 0.3 is 12.3 Å². The molecule has 90 valence electrons. The van der Waals surface area contributed by atoms with Crippen LogP contribution in [0.25, 0.3) is 0 Å². The van der Waals surface area contributed by atoms with Gasteiger partial charge in [-0.2, -0.15) is 0 Å². The van der Waals surface area contributed by atoms with Gasteiger partial charge in [-0.3, -0.25) is 0 Å². The Morgan fingerprint density at radius 2 is 2.19 bits per heavy atom. The van der Waals surface area contributed by atoms with Crippen molar-refractivity contribution in [1.29, 1.82) is 0 Å². The Morgan fingerprint density at radius 1 is 1.50 bits per heavy atom. The van der Waals surface area contributed by atoms with Gasteiger partial charge < -0.3 is 9.47 Å². The van der Waals surface area contributed by atoms with Crippen LogP contribution in [0, 0.1) is 0 Å². The van der Waals surface area contributed by atoms with Crippen LogP contribution in [0.4, 0.5) is 13.2 Å². The molecule has 0 fully saturated rings. The minimum Gasteiger partial charge on any atom is -0.462 e. The molecule has 0 spiro atoms. The number of carbonyl (C=O) groups excluding carboxylic acids is 1. The van der Waals surface area contributed by atoms with Crippen LogP contribution in [-0.4, -0.2) is 18.9 Å². The Bertz CT molecular complexity index is 359. The molecule has 0 bridgehead atoms. The van der Waals surface area contributed by atoms with Crippen LogP contribution in [0.1, 0.15) is 23.0 Å². The van der Waals surface area contributed by atoms with E-state index in [1.165, 1.54) is 0 Å². The van der Waals surface area contributed by atoms with Crippen molar-refractivity contribution in [3.63, 3.8) is 0 Å². The first-order valence-electron chi connectivity index (χ1n) is 4.44. The quantitative estimate of drug-likeness (QED) is 0.774. The van der Waals surface area contributed by atoms with Gasteiger partial charge in [0.25, 0.3) is 0 Å². The van der Waals surface area contributed by atoms with Crippen LogP contribution in [0.3, 0.4) is 0 Å². The first-order chi connectivity index (χ1) is 7.42. The number of hydrogen-bond acceptors (Lipinski definition) is 4. The van der Waals surface area contributed by atoms with Crippen molar-refractivity contribution in [1.82, 2.24) is 0 Å². The van der Waals surface area contributed by atoms with Gasteiger partial charge in [-0.1, -0.05) is 6.92 Å². The van der Waals surface area contributed by atoms with Crippen LogP contribution < -0.4 is 4.74 Å². The molecule has 0 amide bonds. The first kappa shape index (κ1) is 12.8. The predicted octanol–water partition coefficient (Wildman–Crippen LogP) is 3.21. The van der Waals surface area contributed by atoms with Crippen molar-refractivity contribution in [3.8, 4) is 5.75 Å². The number of hydrogen-bond donors (Lipinski definition) is 0. The van der Waals surface area contributed by atoms with Crippen LogP contribution in [-0.2, 0) is 4.74 Å². The second kappa shape index (κ2) is 5.20. The smallest absolute Gasteiger partial charge is 0.462 e. The Kier molecular flexibility index (Phi) is 4.17. The Labute approximate surface area is 93.8 Å². The summed E-state index contributed by atoms with van der Waals surface area (Å²) in [5.41, 5.74) is 0. The van der Waals surface area contributed by atoms with Gasteiger partial charge in [-0.15, -0.1) is 24.5 Å². The lowest BCUT2D eigenvalue weighted by molar-refractivity contribution is -0.274. The molecular weight excluding hydrogens is 245 g/mol. The van der Waals surface area contributed by atoms with Crippen LogP contribution in [0.15, 0.2) is 11.4 Å². The van der Waals surface area contributed by atoms with Crippen LogP contribution in [0.2, 0.25) is 0 Å². The van der Waals surface area contributed by atoms with E-state index in [2.05, 4.69) is 4.74 Å². The largest absolute Gasteiger partial charge is 0.573 e. The molecule has 1 aromatic rings. The topological polar surface area (TPSA) is 35.5 Å². The van der Waals surface area contributed by atoms with E-state index >= 15 is 0 Å². The molecular formula is C9H9F3O3S. The highest BCUT2D eigenvalue weighted by atomic mass is 32.1. The molecule has 0 aromatic carbocycles. The zero-order chi connectivity index (χ0) is 12.2. The number of alkyl halides is 3. The van der Waals surface area contributed by atoms with Crippen molar-refractivity contribution >= 4 is 17.3 Å². The third kappa shape index (κ3) is 4.09. The maximum atomic E-state index is 11.8. The second-order valence-electron chi connectivity index (χ2n) is 2.83. The fourth-order valence-electron chi connectivity index (χ4n) is 0.879. The molecule has 0 aliphatic rings. The number of thiophene rings is 1. The zero-order valence-corrected chi connectivity index (χ0v) is 9.15. The molecule has 1 aromatic heterocycles. The number of esters is 1. The summed E-state index contributed by atoms with van der Waals surface area (Å²) in [4.78, 5) is 11.3. The molecule has 3 nitrogen and oxygen atoms in total. The Hall–Kier alpha value is -1.24. The minimum absolute atomic E-state index is 0.0905. The maximum Gasteiger partial charge on any atom is 0.573 e. The van der Waals surface area contributed by atoms with Crippen molar-refractivity contribution in [3.05, 3.63) is 16.3 Å². The third-order valence-corrected chi connectivity index (χ3v) is 2.34. The van der Waals surface area contributed by atoms with Gasteiger partial charge in [0, 0.05) is 11.4 Å². The SMILES string of the molecule is CCCOC(=O)c1cc(OC(F)(F)F)cs1. The third-order valence-electron chi connectivity index (χ3n) is 1.45. The predicted molar refractivity (Wildman–Crippen MR) is 51.6 cm³/mol. The van der Waals surface area contributed by atoms with Crippen molar-refractivity contribution in [2.75, 3.05) is 6.61 Å². The molecule has 0 aliphatic carbocycles. The van der Waals surface area contributed by atoms with Gasteiger partial charge in [0.15, 0.2) is 0 Å². The summed E-state index contributed by atoms with van der Waals surface area (Å²) in [5, 5.41) is 1.11. The van der Waals surface area contributed by atoms with Crippen molar-refractivity contribution in [2.45, 2.75) is 19.7 Å². The zero-order valence-electron chi connectivity index (χ0n) is 8.34. The number of ether oxygens (including phenoxy) is 2. The summed E-state index contributed by atoms with van der Waals surface area (Å²) >= 11 is 0.849. The molecule has 0 saturated carbocycles. The highest BCUT2D eigenvalue weighted by Gasteiger charge is 2.31. The molecule has 1 heterocycles. The lowest BCUT2D eigenvalue weighted by atomic mass is 10.4. The van der Waals surface area contributed by atoms with E-state index in [1.807, 2.05) is 6.92 Å². The highest BCUT2D eigenvalue weighted by Crippen LogP contribution is 2.28. The molecule has 7 heteroatoms. The van der Waals surface area contributed by atoms with E-state index in [-0.39, 0.29) is 11.5 Å². The van der Waals surface area contributed by atoms with Gasteiger partial charge in [-0.25, -0.2) is 4.79 Å². The molecule has 0 N–H and O–H groups in total. The molecule has 16 heavy (non-hydrogen) atoms. The minimum atomic E-state index is -4.74. The average molecular weight is 254 g/mol. The molecule has 1 rings (SSSR count). The fourth-order valence-corrected chi connectivity index (χ4v) is 1.58. The number of carbonyl (C=O) groups is 1. The van der Waals surface area contributed by atoms with Gasteiger partial charge in [0.1, 0.15) is 10.6 Å². The monoisotopic (exact) mass is 254 g/mol. The van der Waals surface area contributed by atoms with E-state index in [0.717, 1.165) is 22.8 Å². The first-order valence-corrected chi connectivity index (χ1v) is 5.31. The summed E-state index contributed by atoms with van der Waals surface area (Å²) in [6.07, 6.45) is -4.09. The summed E-state index contributed by atoms with van der Waals surface area (Å²) in [6, 6.07) is 1.01. The normalized spacial score (nSPS) is 11.2. The number of rotatable bonds is 4. The van der Waals surface area contributed by atoms with Crippen LogP contribution in [0.5, 0.6) is 5.75 Å². The fraction of sp³-hybridized carbons (Fsp3) is 0.444. The summed E-state index contributed by atoms with van der Waals surface area (Å²) in [7, 11) is 0. The molecule has 0 aliphatic heterocycles. The van der Waals surface area contributed by atoms with Crippen molar-refractivity contribution in [2.24, 2.45) is 0 Å². The maximum absolute atomic E-state index is 11.8. The lowest BCUT2D eigenvalue weighted by Gasteiger charge is -2.05. The standard InChI is InChI=1S/C9H9F3O3S/c1-2-3-14-8(13)7-4-6(5-16-7)15-9(10,11)12/h4-5H,2-3H2,1H3. The van der Waals surface area contributed by atoms with Gasteiger partial charge in [0.2, 0.25) is 0 Å². The molecule has 0 saturated heterocycles. The van der Waals surface area contributed by atoms with Gasteiger partial charge in [0.05, 0.1) is 6.61 Å². The average Bonchev–Trinajstić information content (AvgIpc) is 2.59. The molecule has 0 radical (unpaired) electrons. The van der Waals surface area contributed by atoms with E-state index in [9.17, 15) is 18.0 Å².